The molecule has 0 saturated heterocycles. The molecule has 2 rings (SSSR count). The number of nitrogens with one attached hydrogen (secondary N) is 3. The minimum absolute atomic E-state index is 0.00421. The van der Waals surface area contributed by atoms with E-state index in [0.29, 0.717) is 12.2 Å². The lowest BCUT2D eigenvalue weighted by molar-refractivity contribution is 0.250. The van der Waals surface area contributed by atoms with Gasteiger partial charge in [-0.1, -0.05) is 6.07 Å². The maximum atomic E-state index is 12.1. The maximum Gasteiger partial charge on any atom is 0.319 e. The van der Waals surface area contributed by atoms with Gasteiger partial charge in [0, 0.05) is 17.9 Å². The first-order valence-corrected chi connectivity index (χ1v) is 9.32. The van der Waals surface area contributed by atoms with Crippen LogP contribution in [0.2, 0.25) is 0 Å². The number of benzene rings is 1. The molecule has 0 aliphatic heterocycles. The average molecular weight is 365 g/mol. The number of amides is 2. The van der Waals surface area contributed by atoms with Crippen molar-refractivity contribution < 1.29 is 13.2 Å². The molecule has 8 nitrogen and oxygen atoms in total. The highest BCUT2D eigenvalue weighted by molar-refractivity contribution is 7.89. The summed E-state index contributed by atoms with van der Waals surface area (Å²) < 4.78 is 27.7. The lowest BCUT2D eigenvalue weighted by Gasteiger charge is -2.16. The number of carbonyl (C=O) groups is 1. The number of urea groups is 1. The van der Waals surface area contributed by atoms with Crippen LogP contribution >= 0.6 is 0 Å². The lowest BCUT2D eigenvalue weighted by Crippen LogP contribution is -2.33. The SMILES string of the molecule is CNS(=O)(=O)c1cccc(NC(=O)NC[C@@H](C)n2nc(C)cc2C)c1. The summed E-state index contributed by atoms with van der Waals surface area (Å²) in [4.78, 5) is 12.1. The van der Waals surface area contributed by atoms with Gasteiger partial charge >= 0.3 is 6.03 Å². The van der Waals surface area contributed by atoms with Crippen LogP contribution in [-0.4, -0.2) is 37.8 Å². The average Bonchev–Trinajstić information content (AvgIpc) is 2.91. The fraction of sp³-hybridized carbons (Fsp3) is 0.375. The van der Waals surface area contributed by atoms with Gasteiger partial charge in [-0.2, -0.15) is 5.10 Å². The Hall–Kier alpha value is -2.39. The Morgan fingerprint density at radius 3 is 2.60 bits per heavy atom. The van der Waals surface area contributed by atoms with E-state index in [4.69, 9.17) is 0 Å². The number of hydrogen-bond donors (Lipinski definition) is 3. The van der Waals surface area contributed by atoms with Crippen LogP contribution in [0.4, 0.5) is 10.5 Å². The van der Waals surface area contributed by atoms with Gasteiger partial charge in [0.1, 0.15) is 0 Å². The smallest absolute Gasteiger partial charge is 0.319 e. The lowest BCUT2D eigenvalue weighted by atomic mass is 10.3. The number of anilines is 1. The molecule has 1 atom stereocenters. The molecule has 1 aromatic carbocycles. The number of aromatic nitrogens is 2. The van der Waals surface area contributed by atoms with Crippen molar-refractivity contribution in [2.24, 2.45) is 0 Å². The standard InChI is InChI=1S/C16H23N5O3S/c1-11-8-12(2)21(20-11)13(3)10-18-16(22)19-14-6-5-7-15(9-14)25(23,24)17-4/h5-9,13,17H,10H2,1-4H3,(H2,18,19,22)/t13-/m1/s1. The number of hydrogen-bond acceptors (Lipinski definition) is 4. The summed E-state index contributed by atoms with van der Waals surface area (Å²) >= 11 is 0. The summed E-state index contributed by atoms with van der Waals surface area (Å²) in [5, 5.41) is 9.79. The van der Waals surface area contributed by atoms with E-state index in [2.05, 4.69) is 20.5 Å². The molecule has 3 N–H and O–H groups in total. The van der Waals surface area contributed by atoms with E-state index >= 15 is 0 Å². The molecule has 1 aromatic heterocycles. The summed E-state index contributed by atoms with van der Waals surface area (Å²) in [6, 6.07) is 7.61. The van der Waals surface area contributed by atoms with E-state index in [9.17, 15) is 13.2 Å². The van der Waals surface area contributed by atoms with Gasteiger partial charge < -0.3 is 10.6 Å². The van der Waals surface area contributed by atoms with E-state index in [0.717, 1.165) is 11.4 Å². The Balaban J connectivity index is 1.97. The molecule has 136 valence electrons. The molecule has 0 aliphatic rings. The van der Waals surface area contributed by atoms with E-state index in [1.54, 1.807) is 12.1 Å². The molecule has 0 saturated carbocycles. The zero-order valence-electron chi connectivity index (χ0n) is 14.7. The molecule has 25 heavy (non-hydrogen) atoms. The second-order valence-electron chi connectivity index (χ2n) is 5.79. The van der Waals surface area contributed by atoms with E-state index in [-0.39, 0.29) is 10.9 Å². The van der Waals surface area contributed by atoms with Crippen molar-refractivity contribution in [2.75, 3.05) is 18.9 Å². The predicted molar refractivity (Wildman–Crippen MR) is 96.1 cm³/mol. The Morgan fingerprint density at radius 1 is 1.28 bits per heavy atom. The third kappa shape index (κ3) is 4.80. The second-order valence-corrected chi connectivity index (χ2v) is 7.68. The van der Waals surface area contributed by atoms with Crippen LogP contribution < -0.4 is 15.4 Å². The Bertz CT molecular complexity index is 860. The molecular weight excluding hydrogens is 342 g/mol. The van der Waals surface area contributed by atoms with Gasteiger partial charge in [0.05, 0.1) is 16.6 Å². The molecule has 0 bridgehead atoms. The minimum Gasteiger partial charge on any atom is -0.336 e. The molecule has 2 amide bonds. The number of rotatable bonds is 6. The highest BCUT2D eigenvalue weighted by Gasteiger charge is 2.13. The molecule has 0 radical (unpaired) electrons. The van der Waals surface area contributed by atoms with Crippen molar-refractivity contribution in [3.05, 3.63) is 41.7 Å². The first-order chi connectivity index (χ1) is 11.7. The van der Waals surface area contributed by atoms with Crippen molar-refractivity contribution in [2.45, 2.75) is 31.7 Å². The largest absolute Gasteiger partial charge is 0.336 e. The summed E-state index contributed by atoms with van der Waals surface area (Å²) in [6.45, 7) is 6.23. The van der Waals surface area contributed by atoms with E-state index in [1.807, 2.05) is 31.5 Å². The molecular formula is C16H23N5O3S. The predicted octanol–water partition coefficient (Wildman–Crippen LogP) is 1.79. The number of carbonyl (C=O) groups excluding carboxylic acids is 1. The molecule has 0 spiro atoms. The number of sulfonamides is 1. The van der Waals surface area contributed by atoms with Crippen molar-refractivity contribution in [1.29, 1.82) is 0 Å². The van der Waals surface area contributed by atoms with Crippen LogP contribution in [-0.2, 0) is 10.0 Å². The first kappa shape index (κ1) is 18.9. The number of aryl methyl sites for hydroxylation is 2. The summed E-state index contributed by atoms with van der Waals surface area (Å²) in [6.07, 6.45) is 0. The van der Waals surface area contributed by atoms with Crippen LogP contribution in [0.25, 0.3) is 0 Å². The normalized spacial score (nSPS) is 12.6. The van der Waals surface area contributed by atoms with Crippen molar-refractivity contribution >= 4 is 21.7 Å². The van der Waals surface area contributed by atoms with Crippen LogP contribution in [0.5, 0.6) is 0 Å². The fourth-order valence-electron chi connectivity index (χ4n) is 2.45. The zero-order valence-corrected chi connectivity index (χ0v) is 15.5. The van der Waals surface area contributed by atoms with Crippen LogP contribution in [0, 0.1) is 13.8 Å². The quantitative estimate of drug-likeness (QED) is 0.726. The summed E-state index contributed by atoms with van der Waals surface area (Å²) in [5.41, 5.74) is 2.35. The monoisotopic (exact) mass is 365 g/mol. The van der Waals surface area contributed by atoms with Gasteiger partial charge in [0.15, 0.2) is 0 Å². The summed E-state index contributed by atoms with van der Waals surface area (Å²) in [7, 11) is -2.22. The highest BCUT2D eigenvalue weighted by Crippen LogP contribution is 2.15. The Labute approximate surface area is 147 Å². The number of nitrogens with zero attached hydrogens (tertiary/aromatic N) is 2. The van der Waals surface area contributed by atoms with Crippen LogP contribution in [0.3, 0.4) is 0 Å². The molecule has 0 fully saturated rings. The Kier molecular flexibility index (Phi) is 5.81. The van der Waals surface area contributed by atoms with Gasteiger partial charge in [-0.3, -0.25) is 4.68 Å². The third-order valence-electron chi connectivity index (χ3n) is 3.69. The van der Waals surface area contributed by atoms with Gasteiger partial charge in [-0.15, -0.1) is 0 Å². The third-order valence-corrected chi connectivity index (χ3v) is 5.10. The van der Waals surface area contributed by atoms with Gasteiger partial charge in [-0.05, 0) is 52.1 Å². The topological polar surface area (TPSA) is 105 Å². The Morgan fingerprint density at radius 2 is 2.00 bits per heavy atom. The van der Waals surface area contributed by atoms with Crippen LogP contribution in [0.15, 0.2) is 35.2 Å². The van der Waals surface area contributed by atoms with Crippen molar-refractivity contribution in [3.63, 3.8) is 0 Å². The van der Waals surface area contributed by atoms with E-state index < -0.39 is 16.1 Å². The zero-order chi connectivity index (χ0) is 18.6. The highest BCUT2D eigenvalue weighted by atomic mass is 32.2. The first-order valence-electron chi connectivity index (χ1n) is 7.84. The fourth-order valence-corrected chi connectivity index (χ4v) is 3.23. The molecule has 0 aliphatic carbocycles. The maximum absolute atomic E-state index is 12.1. The molecule has 1 heterocycles. The van der Waals surface area contributed by atoms with Crippen LogP contribution in [0.1, 0.15) is 24.4 Å². The second kappa shape index (κ2) is 7.66. The van der Waals surface area contributed by atoms with Crippen molar-refractivity contribution in [1.82, 2.24) is 19.8 Å². The summed E-state index contributed by atoms with van der Waals surface area (Å²) in [5.74, 6) is 0. The molecule has 0 unspecified atom stereocenters. The van der Waals surface area contributed by atoms with Gasteiger partial charge in [-0.25, -0.2) is 17.9 Å². The van der Waals surface area contributed by atoms with Crippen molar-refractivity contribution in [3.8, 4) is 0 Å². The van der Waals surface area contributed by atoms with E-state index in [1.165, 1.54) is 19.2 Å². The molecule has 9 heteroatoms. The minimum atomic E-state index is -3.55. The van der Waals surface area contributed by atoms with Gasteiger partial charge in [0.25, 0.3) is 0 Å². The van der Waals surface area contributed by atoms with Gasteiger partial charge in [0.2, 0.25) is 10.0 Å². The molecule has 2 aromatic rings.